The van der Waals surface area contributed by atoms with Gasteiger partial charge in [0.1, 0.15) is 0 Å². The molecule has 0 aliphatic carbocycles. The molecule has 1 amide bonds. The van der Waals surface area contributed by atoms with Gasteiger partial charge in [-0.1, -0.05) is 43.3 Å². The summed E-state index contributed by atoms with van der Waals surface area (Å²) >= 11 is 0. The number of carbonyl (C=O) groups is 1. The van der Waals surface area contributed by atoms with Crippen molar-refractivity contribution in [1.82, 2.24) is 15.6 Å². The van der Waals surface area contributed by atoms with Crippen molar-refractivity contribution in [3.63, 3.8) is 0 Å². The zero-order chi connectivity index (χ0) is 24.4. The number of pyridine rings is 1. The number of carbonyl (C=O) groups excluding carboxylic acids is 1. The molecule has 2 atom stereocenters. The third kappa shape index (κ3) is 3.16. The van der Waals surface area contributed by atoms with E-state index in [0.717, 1.165) is 57.3 Å². The summed E-state index contributed by atoms with van der Waals surface area (Å²) in [5, 5.41) is 16.6. The molecule has 0 radical (unpaired) electrons. The van der Waals surface area contributed by atoms with E-state index in [1.807, 2.05) is 24.5 Å². The lowest BCUT2D eigenvalue weighted by atomic mass is 9.62. The van der Waals surface area contributed by atoms with Crippen molar-refractivity contribution in [2.45, 2.75) is 57.7 Å². The molecule has 0 spiro atoms. The molecule has 2 N–H and O–H groups in total. The summed E-state index contributed by atoms with van der Waals surface area (Å²) in [6.07, 6.45) is 4.99. The summed E-state index contributed by atoms with van der Waals surface area (Å²) in [5.41, 5.74) is 7.34. The van der Waals surface area contributed by atoms with Crippen molar-refractivity contribution in [1.29, 1.82) is 0 Å². The Bertz CT molecular complexity index is 1480. The highest BCUT2D eigenvalue weighted by molar-refractivity contribution is 6.00. The quantitative estimate of drug-likeness (QED) is 0.524. The fourth-order valence-electron chi connectivity index (χ4n) is 6.17. The van der Waals surface area contributed by atoms with E-state index in [-0.39, 0.29) is 17.6 Å². The number of rotatable bonds is 3. The van der Waals surface area contributed by atoms with Gasteiger partial charge in [0, 0.05) is 34.8 Å². The molecule has 4 heterocycles. The number of nitrogens with one attached hydrogen (secondary N) is 2. The topological polar surface area (TPSA) is 78.7 Å². The first-order valence-corrected chi connectivity index (χ1v) is 12.2. The van der Waals surface area contributed by atoms with E-state index in [0.29, 0.717) is 0 Å². The van der Waals surface area contributed by atoms with Gasteiger partial charge in [0.25, 0.3) is 5.91 Å². The molecule has 0 saturated heterocycles. The van der Waals surface area contributed by atoms with Crippen molar-refractivity contribution in [2.75, 3.05) is 0 Å². The van der Waals surface area contributed by atoms with Gasteiger partial charge in [-0.25, -0.2) is 0 Å². The summed E-state index contributed by atoms with van der Waals surface area (Å²) in [6, 6.07) is 16.9. The van der Waals surface area contributed by atoms with Gasteiger partial charge in [0.2, 0.25) is 0 Å². The molecule has 2 aromatic carbocycles. The molecule has 6 heteroatoms. The minimum Gasteiger partial charge on any atom is -0.362 e. The standard InChI is InChI=1S/C29H29N5O/c1-5-29(21-16-31-34-26(21)32-23-14-28(3,4)33-27(35)25(23)29)19-10-8-9-18(13-19)24-17(2)15-30-22-12-7-6-11-20(22)24/h6-13,15-16,26,32H,5,14H2,1-4H3,(H,33,35)/t26?,29-/m0/s1. The van der Waals surface area contributed by atoms with Crippen LogP contribution in [-0.2, 0) is 10.2 Å². The van der Waals surface area contributed by atoms with Crippen LogP contribution in [0.4, 0.5) is 0 Å². The van der Waals surface area contributed by atoms with E-state index in [1.54, 1.807) is 0 Å². The van der Waals surface area contributed by atoms with Crippen LogP contribution in [0.5, 0.6) is 0 Å². The molecule has 0 bridgehead atoms. The Morgan fingerprint density at radius 1 is 1.11 bits per heavy atom. The average molecular weight is 464 g/mol. The lowest BCUT2D eigenvalue weighted by Gasteiger charge is -2.48. The van der Waals surface area contributed by atoms with Crippen molar-refractivity contribution in [3.05, 3.63) is 88.9 Å². The van der Waals surface area contributed by atoms with Gasteiger partial charge in [-0.3, -0.25) is 9.78 Å². The van der Waals surface area contributed by atoms with E-state index >= 15 is 0 Å². The predicted molar refractivity (Wildman–Crippen MR) is 138 cm³/mol. The Kier molecular flexibility index (Phi) is 4.72. The number of aromatic nitrogens is 1. The molecule has 1 unspecified atom stereocenters. The first-order valence-electron chi connectivity index (χ1n) is 12.2. The highest BCUT2D eigenvalue weighted by atomic mass is 16.2. The highest BCUT2D eigenvalue weighted by Gasteiger charge is 2.53. The Balaban J connectivity index is 1.60. The maximum absolute atomic E-state index is 13.7. The van der Waals surface area contributed by atoms with E-state index in [9.17, 15) is 4.79 Å². The van der Waals surface area contributed by atoms with Crippen molar-refractivity contribution >= 4 is 16.8 Å². The number of amides is 1. The SMILES string of the molecule is CC[C@]1(c2cccc(-c3c(C)cnc4ccccc34)c2)C2=CN=NC2NC2=C1C(=O)NC(C)(C)C2. The fourth-order valence-corrected chi connectivity index (χ4v) is 6.17. The number of fused-ring (bicyclic) bond motifs is 2. The second kappa shape index (κ2) is 7.60. The Labute approximate surface area is 205 Å². The van der Waals surface area contributed by atoms with Gasteiger partial charge in [-0.05, 0) is 61.6 Å². The van der Waals surface area contributed by atoms with Crippen LogP contribution >= 0.6 is 0 Å². The number of para-hydroxylation sites is 1. The third-order valence-electron chi connectivity index (χ3n) is 7.64. The smallest absolute Gasteiger partial charge is 0.250 e. The summed E-state index contributed by atoms with van der Waals surface area (Å²) in [7, 11) is 0. The summed E-state index contributed by atoms with van der Waals surface area (Å²) < 4.78 is 0. The van der Waals surface area contributed by atoms with E-state index in [2.05, 4.69) is 89.9 Å². The molecular weight excluding hydrogens is 434 g/mol. The number of hydrogen-bond acceptors (Lipinski definition) is 5. The van der Waals surface area contributed by atoms with Gasteiger partial charge in [-0.2, -0.15) is 10.2 Å². The zero-order valence-corrected chi connectivity index (χ0v) is 20.5. The van der Waals surface area contributed by atoms with Gasteiger partial charge < -0.3 is 10.6 Å². The van der Waals surface area contributed by atoms with E-state index in [4.69, 9.17) is 0 Å². The van der Waals surface area contributed by atoms with Gasteiger partial charge >= 0.3 is 0 Å². The molecule has 3 aromatic rings. The number of hydrogen-bond donors (Lipinski definition) is 2. The van der Waals surface area contributed by atoms with Crippen LogP contribution in [0.1, 0.15) is 44.7 Å². The van der Waals surface area contributed by atoms with Crippen LogP contribution in [-0.4, -0.2) is 22.6 Å². The first kappa shape index (κ1) is 21.7. The van der Waals surface area contributed by atoms with Crippen LogP contribution in [0.25, 0.3) is 22.0 Å². The number of benzene rings is 2. The minimum absolute atomic E-state index is 0.0206. The fraction of sp³-hybridized carbons (Fsp3) is 0.310. The van der Waals surface area contributed by atoms with Crippen molar-refractivity contribution < 1.29 is 4.79 Å². The molecule has 176 valence electrons. The maximum Gasteiger partial charge on any atom is 0.250 e. The van der Waals surface area contributed by atoms with E-state index < -0.39 is 5.41 Å². The zero-order valence-electron chi connectivity index (χ0n) is 20.5. The van der Waals surface area contributed by atoms with Crippen LogP contribution in [0, 0.1) is 6.92 Å². The van der Waals surface area contributed by atoms with Gasteiger partial charge in [-0.15, -0.1) is 0 Å². The van der Waals surface area contributed by atoms with Crippen LogP contribution in [0.3, 0.4) is 0 Å². The Hall–Kier alpha value is -3.80. The minimum atomic E-state index is -0.609. The second-order valence-corrected chi connectivity index (χ2v) is 10.4. The lowest BCUT2D eigenvalue weighted by Crippen LogP contribution is -2.58. The molecule has 3 aliphatic heterocycles. The average Bonchev–Trinajstić information content (AvgIpc) is 3.30. The molecule has 6 nitrogen and oxygen atoms in total. The third-order valence-corrected chi connectivity index (χ3v) is 7.64. The largest absolute Gasteiger partial charge is 0.362 e. The molecule has 3 aliphatic rings. The Morgan fingerprint density at radius 3 is 2.77 bits per heavy atom. The maximum atomic E-state index is 13.7. The molecule has 0 fully saturated rings. The molecular formula is C29H29N5O. The molecule has 0 saturated carbocycles. The Morgan fingerprint density at radius 2 is 1.94 bits per heavy atom. The molecule has 6 rings (SSSR count). The normalized spacial score (nSPS) is 24.5. The lowest BCUT2D eigenvalue weighted by molar-refractivity contribution is -0.120. The predicted octanol–water partition coefficient (Wildman–Crippen LogP) is 5.69. The first-order chi connectivity index (χ1) is 16.8. The van der Waals surface area contributed by atoms with Crippen LogP contribution < -0.4 is 10.6 Å². The van der Waals surface area contributed by atoms with Gasteiger partial charge in [0.05, 0.1) is 22.7 Å². The van der Waals surface area contributed by atoms with Gasteiger partial charge in [0.15, 0.2) is 6.17 Å². The monoisotopic (exact) mass is 463 g/mol. The second-order valence-electron chi connectivity index (χ2n) is 10.4. The van der Waals surface area contributed by atoms with Crippen LogP contribution in [0.15, 0.2) is 88.0 Å². The summed E-state index contributed by atoms with van der Waals surface area (Å²) in [5.74, 6) is -0.0206. The molecule has 35 heavy (non-hydrogen) atoms. The van der Waals surface area contributed by atoms with Crippen molar-refractivity contribution in [3.8, 4) is 11.1 Å². The number of azo groups is 1. The van der Waals surface area contributed by atoms with E-state index in [1.165, 1.54) is 5.56 Å². The number of nitrogens with zero attached hydrogens (tertiary/aromatic N) is 3. The summed E-state index contributed by atoms with van der Waals surface area (Å²) in [4.78, 5) is 18.3. The highest BCUT2D eigenvalue weighted by Crippen LogP contribution is 2.51. The van der Waals surface area contributed by atoms with Crippen molar-refractivity contribution in [2.24, 2.45) is 10.2 Å². The summed E-state index contributed by atoms with van der Waals surface area (Å²) in [6.45, 7) is 8.37. The molecule has 1 aromatic heterocycles. The number of aryl methyl sites for hydroxylation is 1. The van der Waals surface area contributed by atoms with Crippen LogP contribution in [0.2, 0.25) is 0 Å².